The van der Waals surface area contributed by atoms with Gasteiger partial charge < -0.3 is 4.57 Å². The highest BCUT2D eigenvalue weighted by molar-refractivity contribution is 5.86. The molecule has 4 aromatic carbocycles. The van der Waals surface area contributed by atoms with Gasteiger partial charge in [-0.15, -0.1) is 0 Å². The van der Waals surface area contributed by atoms with E-state index < -0.39 is 0 Å². The van der Waals surface area contributed by atoms with Crippen LogP contribution < -0.4 is 0 Å². The quantitative estimate of drug-likeness (QED) is 0.155. The molecule has 0 N–H and O–H groups in total. The first-order valence-electron chi connectivity index (χ1n) is 17.1. The van der Waals surface area contributed by atoms with E-state index in [1.807, 2.05) is 6.08 Å². The number of aromatic nitrogens is 4. The number of rotatable bonds is 8. The SMILES string of the molecule is C=C/C(=C/C=C\c1cc2ccccc2n1-c1cccc(-c2nc(-c3ccc(C(C)(C)C)cc3)nc(-c3ccc(C(C)(C)C)cc3)n2)c1)CC. The lowest BCUT2D eigenvalue weighted by molar-refractivity contribution is 0.590. The predicted molar refractivity (Wildman–Crippen MR) is 208 cm³/mol. The van der Waals surface area contributed by atoms with E-state index in [2.05, 4.69) is 181 Å². The summed E-state index contributed by atoms with van der Waals surface area (Å²) in [6, 6.07) is 36.4. The van der Waals surface area contributed by atoms with Gasteiger partial charge in [-0.2, -0.15) is 0 Å². The lowest BCUT2D eigenvalue weighted by Gasteiger charge is -2.19. The van der Waals surface area contributed by atoms with E-state index in [1.54, 1.807) is 0 Å². The van der Waals surface area contributed by atoms with E-state index in [1.165, 1.54) is 22.1 Å². The van der Waals surface area contributed by atoms with Gasteiger partial charge in [0.2, 0.25) is 0 Å². The van der Waals surface area contributed by atoms with E-state index in [4.69, 9.17) is 15.0 Å². The number of hydrogen-bond acceptors (Lipinski definition) is 3. The maximum Gasteiger partial charge on any atom is 0.164 e. The van der Waals surface area contributed by atoms with Crippen molar-refractivity contribution in [2.75, 3.05) is 0 Å². The van der Waals surface area contributed by atoms with E-state index in [9.17, 15) is 0 Å². The van der Waals surface area contributed by atoms with E-state index in [0.29, 0.717) is 17.5 Å². The van der Waals surface area contributed by atoms with Crippen LogP contribution in [0.5, 0.6) is 0 Å². The average molecular weight is 643 g/mol. The third kappa shape index (κ3) is 7.39. The standard InChI is InChI=1S/C45H46N4/c1-9-31(10-2)15-13-18-38-29-34-16-11-12-20-40(34)49(38)39-19-14-17-35(30-39)43-47-41(32-21-25-36(26-22-32)44(3,4)5)46-42(48-43)33-23-27-37(28-24-33)45(6,7)8/h9,11-30H,1,10H2,2-8H3/b18-13-,31-15-. The summed E-state index contributed by atoms with van der Waals surface area (Å²) in [4.78, 5) is 15.2. The van der Waals surface area contributed by atoms with E-state index in [-0.39, 0.29) is 10.8 Å². The number of allylic oxidation sites excluding steroid dienone is 4. The van der Waals surface area contributed by atoms with Gasteiger partial charge in [-0.1, -0.05) is 152 Å². The summed E-state index contributed by atoms with van der Waals surface area (Å²) < 4.78 is 2.29. The van der Waals surface area contributed by atoms with Gasteiger partial charge in [0.1, 0.15) is 0 Å². The third-order valence-corrected chi connectivity index (χ3v) is 9.00. The molecule has 49 heavy (non-hydrogen) atoms. The molecule has 6 rings (SSSR count). The summed E-state index contributed by atoms with van der Waals surface area (Å²) >= 11 is 0. The van der Waals surface area contributed by atoms with Gasteiger partial charge in [0.25, 0.3) is 0 Å². The molecule has 246 valence electrons. The fraction of sp³-hybridized carbons (Fsp3) is 0.222. The molecule has 0 atom stereocenters. The van der Waals surface area contributed by atoms with Crippen molar-refractivity contribution < 1.29 is 0 Å². The summed E-state index contributed by atoms with van der Waals surface area (Å²) in [6.07, 6.45) is 9.25. The molecule has 2 heterocycles. The first-order valence-corrected chi connectivity index (χ1v) is 17.1. The van der Waals surface area contributed by atoms with Crippen molar-refractivity contribution in [2.24, 2.45) is 0 Å². The largest absolute Gasteiger partial charge is 0.310 e. The Kier molecular flexibility index (Phi) is 9.34. The number of para-hydroxylation sites is 1. The van der Waals surface area contributed by atoms with Crippen LogP contribution in [0.25, 0.3) is 56.8 Å². The molecule has 6 aromatic rings. The highest BCUT2D eigenvalue weighted by Crippen LogP contribution is 2.31. The maximum atomic E-state index is 5.08. The lowest BCUT2D eigenvalue weighted by Crippen LogP contribution is -2.10. The zero-order valence-electron chi connectivity index (χ0n) is 29.8. The van der Waals surface area contributed by atoms with Crippen LogP contribution in [0.2, 0.25) is 0 Å². The Bertz CT molecular complexity index is 2090. The van der Waals surface area contributed by atoms with Crippen LogP contribution in [0, 0.1) is 0 Å². The Morgan fingerprint density at radius 3 is 1.73 bits per heavy atom. The highest BCUT2D eigenvalue weighted by Gasteiger charge is 2.18. The lowest BCUT2D eigenvalue weighted by atomic mass is 9.86. The smallest absolute Gasteiger partial charge is 0.164 e. The molecule has 0 saturated carbocycles. The molecule has 0 bridgehead atoms. The molecular formula is C45H46N4. The highest BCUT2D eigenvalue weighted by atomic mass is 15.0. The third-order valence-electron chi connectivity index (χ3n) is 9.00. The van der Waals surface area contributed by atoms with Crippen LogP contribution >= 0.6 is 0 Å². The van der Waals surface area contributed by atoms with Crippen LogP contribution in [-0.4, -0.2) is 19.5 Å². The van der Waals surface area contributed by atoms with Gasteiger partial charge in [-0.25, -0.2) is 15.0 Å². The molecule has 2 aromatic heterocycles. The first kappa shape index (κ1) is 33.5. The van der Waals surface area contributed by atoms with Crippen molar-refractivity contribution in [2.45, 2.75) is 65.7 Å². The number of fused-ring (bicyclic) bond motifs is 1. The van der Waals surface area contributed by atoms with Crippen molar-refractivity contribution in [3.8, 4) is 39.9 Å². The van der Waals surface area contributed by atoms with Crippen LogP contribution in [0.4, 0.5) is 0 Å². The topological polar surface area (TPSA) is 43.6 Å². The molecule has 0 aliphatic heterocycles. The van der Waals surface area contributed by atoms with Crippen molar-refractivity contribution in [1.82, 2.24) is 19.5 Å². The zero-order valence-corrected chi connectivity index (χ0v) is 29.8. The summed E-state index contributed by atoms with van der Waals surface area (Å²) in [7, 11) is 0. The second-order valence-corrected chi connectivity index (χ2v) is 14.6. The molecule has 0 unspecified atom stereocenters. The number of benzene rings is 4. The number of hydrogen-bond donors (Lipinski definition) is 0. The molecule has 0 spiro atoms. The summed E-state index contributed by atoms with van der Waals surface area (Å²) in [5.41, 5.74) is 9.95. The molecule has 0 amide bonds. The average Bonchev–Trinajstić information content (AvgIpc) is 3.47. The minimum atomic E-state index is 0.0557. The van der Waals surface area contributed by atoms with Crippen LogP contribution in [0.1, 0.15) is 71.7 Å². The fourth-order valence-electron chi connectivity index (χ4n) is 5.97. The minimum Gasteiger partial charge on any atom is -0.310 e. The van der Waals surface area contributed by atoms with Gasteiger partial charge in [-0.3, -0.25) is 0 Å². The molecule has 0 aliphatic carbocycles. The van der Waals surface area contributed by atoms with Gasteiger partial charge in [0.05, 0.1) is 5.52 Å². The second-order valence-electron chi connectivity index (χ2n) is 14.6. The molecule has 0 aliphatic rings. The van der Waals surface area contributed by atoms with E-state index >= 15 is 0 Å². The van der Waals surface area contributed by atoms with Crippen molar-refractivity contribution in [3.05, 3.63) is 150 Å². The Morgan fingerprint density at radius 2 is 1.20 bits per heavy atom. The van der Waals surface area contributed by atoms with E-state index in [0.717, 1.165) is 40.0 Å². The van der Waals surface area contributed by atoms with Gasteiger partial charge in [0, 0.05) is 33.5 Å². The van der Waals surface area contributed by atoms with Crippen molar-refractivity contribution >= 4 is 17.0 Å². The van der Waals surface area contributed by atoms with Crippen LogP contribution in [0.3, 0.4) is 0 Å². The molecule has 4 nitrogen and oxygen atoms in total. The van der Waals surface area contributed by atoms with Gasteiger partial charge in [0.15, 0.2) is 17.5 Å². The Labute approximate surface area is 291 Å². The molecule has 0 radical (unpaired) electrons. The monoisotopic (exact) mass is 642 g/mol. The van der Waals surface area contributed by atoms with Crippen LogP contribution in [-0.2, 0) is 10.8 Å². The minimum absolute atomic E-state index is 0.0557. The summed E-state index contributed by atoms with van der Waals surface area (Å²) in [5.74, 6) is 1.94. The molecule has 0 saturated heterocycles. The molecular weight excluding hydrogens is 597 g/mol. The molecule has 0 fully saturated rings. The molecule has 4 heteroatoms. The Hall–Kier alpha value is -5.35. The maximum absolute atomic E-state index is 5.08. The normalized spacial score (nSPS) is 12.6. The van der Waals surface area contributed by atoms with Gasteiger partial charge >= 0.3 is 0 Å². The Morgan fingerprint density at radius 1 is 0.653 bits per heavy atom. The predicted octanol–water partition coefficient (Wildman–Crippen LogP) is 11.9. The zero-order chi connectivity index (χ0) is 34.8. The fourth-order valence-corrected chi connectivity index (χ4v) is 5.97. The van der Waals surface area contributed by atoms with Crippen molar-refractivity contribution in [1.29, 1.82) is 0 Å². The van der Waals surface area contributed by atoms with Crippen LogP contribution in [0.15, 0.2) is 134 Å². The first-order chi connectivity index (χ1) is 23.4. The Balaban J connectivity index is 1.49. The summed E-state index contributed by atoms with van der Waals surface area (Å²) in [5, 5.41) is 1.18. The second kappa shape index (κ2) is 13.6. The summed E-state index contributed by atoms with van der Waals surface area (Å²) in [6.45, 7) is 19.5. The number of nitrogens with zero attached hydrogens (tertiary/aromatic N) is 4. The van der Waals surface area contributed by atoms with Crippen molar-refractivity contribution in [3.63, 3.8) is 0 Å². The van der Waals surface area contributed by atoms with Gasteiger partial charge in [-0.05, 0) is 64.3 Å².